The molecule has 0 amide bonds. The van der Waals surface area contributed by atoms with Crippen LogP contribution in [0, 0.1) is 13.8 Å². The Morgan fingerprint density at radius 2 is 1.00 bits per heavy atom. The van der Waals surface area contributed by atoms with E-state index in [0.717, 1.165) is 7.25 Å². The minimum Gasteiger partial charge on any atom is -0.282 e. The number of rotatable bonds is 5. The molecule has 2 atom stereocenters. The zero-order valence-corrected chi connectivity index (χ0v) is 27.9. The van der Waals surface area contributed by atoms with E-state index >= 15 is 0 Å². The second kappa shape index (κ2) is 11.2. The minimum atomic E-state index is -4.55. The van der Waals surface area contributed by atoms with Crippen molar-refractivity contribution in [3.05, 3.63) is 130 Å². The van der Waals surface area contributed by atoms with Crippen LogP contribution in [0.2, 0.25) is 8.26 Å². The fourth-order valence-electron chi connectivity index (χ4n) is 6.62. The summed E-state index contributed by atoms with van der Waals surface area (Å²) < 4.78 is 69.5. The SMILES string of the molecule is C1=C[CH]([Zr]2([CH]3C=Cc4ccccc43)[CH2][CH2]2)c2ccccc21.Cc1ccc(S(=O)(=O)O)c(-c2cc(C)ccc2S(=O)(=O)O)c1. The molecule has 1 fully saturated rings. The number of aryl methyl sites for hydroxylation is 2. The van der Waals surface area contributed by atoms with Crippen molar-refractivity contribution in [2.75, 3.05) is 0 Å². The van der Waals surface area contributed by atoms with Crippen LogP contribution in [0.5, 0.6) is 0 Å². The van der Waals surface area contributed by atoms with Crippen molar-refractivity contribution in [2.24, 2.45) is 0 Å². The second-order valence-corrected chi connectivity index (χ2v) is 26.0. The van der Waals surface area contributed by atoms with E-state index in [1.807, 2.05) is 0 Å². The molecule has 220 valence electrons. The second-order valence-electron chi connectivity index (χ2n) is 11.6. The Bertz CT molecular complexity index is 1880. The smallest absolute Gasteiger partial charge is 0.282 e. The molecule has 0 radical (unpaired) electrons. The third kappa shape index (κ3) is 5.81. The van der Waals surface area contributed by atoms with Gasteiger partial charge in [0.25, 0.3) is 20.2 Å². The van der Waals surface area contributed by atoms with Crippen LogP contribution in [0.3, 0.4) is 0 Å². The molecule has 2 N–H and O–H groups in total. The van der Waals surface area contributed by atoms with Crippen LogP contribution in [-0.2, 0) is 40.5 Å². The zero-order chi connectivity index (χ0) is 30.6. The molecule has 9 heteroatoms. The quantitative estimate of drug-likeness (QED) is 0.206. The van der Waals surface area contributed by atoms with Crippen LogP contribution >= 0.6 is 0 Å². The Labute approximate surface area is 257 Å². The molecule has 43 heavy (non-hydrogen) atoms. The van der Waals surface area contributed by atoms with E-state index in [2.05, 4.69) is 72.8 Å². The predicted octanol–water partition coefficient (Wildman–Crippen LogP) is 7.99. The summed E-state index contributed by atoms with van der Waals surface area (Å²) in [5.41, 5.74) is 7.57. The average Bonchev–Trinajstić information content (AvgIpc) is 3.43. The first-order valence-corrected chi connectivity index (χ1v) is 23.3. The molecule has 0 aromatic heterocycles. The third-order valence-corrected chi connectivity index (χ3v) is 23.2. The number of fused-ring (bicyclic) bond motifs is 2. The van der Waals surface area contributed by atoms with Gasteiger partial charge in [0, 0.05) is 11.1 Å². The molecule has 7 rings (SSSR count). The summed E-state index contributed by atoms with van der Waals surface area (Å²) in [4.78, 5) is -0.845. The predicted molar refractivity (Wildman–Crippen MR) is 167 cm³/mol. The van der Waals surface area contributed by atoms with E-state index in [1.165, 1.54) is 47.5 Å². The molecular formula is C34H32O6S2Zr. The van der Waals surface area contributed by atoms with E-state index in [0.29, 0.717) is 11.1 Å². The average molecular weight is 692 g/mol. The van der Waals surface area contributed by atoms with Gasteiger partial charge in [0.15, 0.2) is 0 Å². The van der Waals surface area contributed by atoms with Gasteiger partial charge in [0.05, 0.1) is 0 Å². The van der Waals surface area contributed by atoms with Crippen molar-refractivity contribution < 1.29 is 46.2 Å². The van der Waals surface area contributed by atoms with Gasteiger partial charge in [0.1, 0.15) is 9.79 Å². The van der Waals surface area contributed by atoms with E-state index in [4.69, 9.17) is 0 Å². The van der Waals surface area contributed by atoms with Crippen LogP contribution in [-0.4, -0.2) is 25.9 Å². The summed E-state index contributed by atoms with van der Waals surface area (Å²) in [7, 11) is -9.10. The van der Waals surface area contributed by atoms with Crippen molar-refractivity contribution in [2.45, 2.75) is 39.1 Å². The maximum absolute atomic E-state index is 11.5. The van der Waals surface area contributed by atoms with Crippen molar-refractivity contribution in [3.8, 4) is 11.1 Å². The van der Waals surface area contributed by atoms with Gasteiger partial charge in [-0.15, -0.1) is 0 Å². The molecule has 4 aromatic carbocycles. The van der Waals surface area contributed by atoms with E-state index in [9.17, 15) is 25.9 Å². The van der Waals surface area contributed by atoms with E-state index in [-0.39, 0.29) is 11.1 Å². The van der Waals surface area contributed by atoms with Gasteiger partial charge in [-0.05, 0) is 38.1 Å². The molecular weight excluding hydrogens is 660 g/mol. The summed E-state index contributed by atoms with van der Waals surface area (Å²) in [5, 5.41) is 0. The fraction of sp³-hybridized carbons (Fsp3) is 0.176. The number of hydrogen-bond acceptors (Lipinski definition) is 4. The first kappa shape index (κ1) is 30.1. The van der Waals surface area contributed by atoms with E-state index in [1.54, 1.807) is 33.2 Å². The Morgan fingerprint density at radius 1 is 0.605 bits per heavy atom. The molecule has 2 aliphatic carbocycles. The molecule has 3 aliphatic rings. The first-order chi connectivity index (χ1) is 20.4. The largest absolute Gasteiger partial charge is 0.295 e. The van der Waals surface area contributed by atoms with Crippen LogP contribution in [0.4, 0.5) is 0 Å². The fourth-order valence-corrected chi connectivity index (χ4v) is 23.6. The summed E-state index contributed by atoms with van der Waals surface area (Å²) >= 11 is -2.13. The monoisotopic (exact) mass is 690 g/mol. The topological polar surface area (TPSA) is 109 Å². The molecule has 1 heterocycles. The molecule has 2 unspecified atom stereocenters. The van der Waals surface area contributed by atoms with Crippen molar-refractivity contribution in [1.29, 1.82) is 0 Å². The Balaban J connectivity index is 0.000000153. The molecule has 6 nitrogen and oxygen atoms in total. The van der Waals surface area contributed by atoms with Gasteiger partial charge in [-0.25, -0.2) is 0 Å². The van der Waals surface area contributed by atoms with Crippen molar-refractivity contribution in [1.82, 2.24) is 0 Å². The summed E-state index contributed by atoms with van der Waals surface area (Å²) in [6.45, 7) is 3.39. The number of benzene rings is 4. The van der Waals surface area contributed by atoms with E-state index < -0.39 is 50.3 Å². The number of allylic oxidation sites excluding steroid dienone is 2. The summed E-state index contributed by atoms with van der Waals surface area (Å²) in [5.74, 6) is 0. The van der Waals surface area contributed by atoms with Crippen LogP contribution in [0.1, 0.15) is 40.6 Å². The molecule has 0 spiro atoms. The number of hydrogen-bond donors (Lipinski definition) is 2. The molecule has 4 aromatic rings. The van der Waals surface area contributed by atoms with Gasteiger partial charge >= 0.3 is 131 Å². The zero-order valence-electron chi connectivity index (χ0n) is 23.8. The molecule has 1 aliphatic heterocycles. The maximum atomic E-state index is 11.5. The minimum absolute atomic E-state index is 0.0128. The Hall–Kier alpha value is -2.94. The standard InChI is InChI=1S/C14H14O6S2.2C9H7.C2H4.Zr/c1-9-3-5-13(21(15,16)17)11(7-9)12-8-10(2)4-6-14(12)22(18,19)20;2*1-2-5-9-7-3-6-8(9)4-1;1-2;/h3-8H,1-2H3,(H,15,16,17)(H,18,19,20);2*1-7H;1-2H2;. The molecule has 1 saturated heterocycles. The van der Waals surface area contributed by atoms with Gasteiger partial charge < -0.3 is 0 Å². The van der Waals surface area contributed by atoms with Gasteiger partial charge in [0.2, 0.25) is 0 Å². The molecule has 0 bridgehead atoms. The van der Waals surface area contributed by atoms with Gasteiger partial charge in [-0.3, -0.25) is 9.11 Å². The Morgan fingerprint density at radius 3 is 1.37 bits per heavy atom. The maximum Gasteiger partial charge on any atom is 0.295 e. The van der Waals surface area contributed by atoms with Crippen molar-refractivity contribution >= 4 is 32.4 Å². The molecule has 0 saturated carbocycles. The Kier molecular flexibility index (Phi) is 7.85. The van der Waals surface area contributed by atoms with Gasteiger partial charge in [-0.1, -0.05) is 23.3 Å². The third-order valence-electron chi connectivity index (χ3n) is 8.78. The van der Waals surface area contributed by atoms with Crippen LogP contribution in [0.15, 0.2) is 107 Å². The van der Waals surface area contributed by atoms with Crippen molar-refractivity contribution in [3.63, 3.8) is 0 Å². The summed E-state index contributed by atoms with van der Waals surface area (Å²) in [6, 6.07) is 26.3. The normalized spacial score (nSPS) is 19.3. The summed E-state index contributed by atoms with van der Waals surface area (Å²) in [6.07, 6.45) is 9.84. The first-order valence-electron chi connectivity index (χ1n) is 14.1. The van der Waals surface area contributed by atoms with Crippen LogP contribution < -0.4 is 0 Å². The van der Waals surface area contributed by atoms with Crippen LogP contribution in [0.25, 0.3) is 23.3 Å². The van der Waals surface area contributed by atoms with Gasteiger partial charge in [-0.2, -0.15) is 16.8 Å².